The molecule has 71 heavy (non-hydrogen) atoms. The molecule has 0 aliphatic rings. The number of aryl methyl sites for hydroxylation is 4. The Kier molecular flexibility index (Phi) is 10.7. The monoisotopic (exact) mass is 919 g/mol. The minimum atomic E-state index is 0.449. The van der Waals surface area contributed by atoms with Gasteiger partial charge in [0.25, 0.3) is 0 Å². The highest BCUT2D eigenvalue weighted by Gasteiger charge is 2.23. The lowest BCUT2D eigenvalue weighted by Gasteiger charge is -2.17. The van der Waals surface area contributed by atoms with Crippen LogP contribution in [0, 0.1) is 27.7 Å². The van der Waals surface area contributed by atoms with E-state index in [-0.39, 0.29) is 0 Å². The molecule has 0 saturated heterocycles. The Morgan fingerprint density at radius 2 is 0.549 bits per heavy atom. The van der Waals surface area contributed by atoms with Gasteiger partial charge in [-0.3, -0.25) is 0 Å². The van der Waals surface area contributed by atoms with Crippen LogP contribution in [0.4, 0.5) is 0 Å². The van der Waals surface area contributed by atoms with Gasteiger partial charge in [-0.15, -0.1) is 0 Å². The molecular formula is C58H41N13. The van der Waals surface area contributed by atoms with Gasteiger partial charge in [-0.2, -0.15) is 0 Å². The average molecular weight is 920 g/mol. The first-order valence-corrected chi connectivity index (χ1v) is 23.1. The van der Waals surface area contributed by atoms with Gasteiger partial charge in [0.15, 0.2) is 46.6 Å². The molecule has 0 aliphatic heterocycles. The Morgan fingerprint density at radius 1 is 0.254 bits per heavy atom. The van der Waals surface area contributed by atoms with Crippen molar-refractivity contribution in [3.05, 3.63) is 199 Å². The van der Waals surface area contributed by atoms with Crippen LogP contribution >= 0.6 is 0 Å². The molecule has 338 valence electrons. The van der Waals surface area contributed by atoms with E-state index in [1.807, 2.05) is 149 Å². The Balaban J connectivity index is 1.18. The molecule has 0 aliphatic carbocycles. The first kappa shape index (κ1) is 42.7. The van der Waals surface area contributed by atoms with Crippen LogP contribution in [0.2, 0.25) is 0 Å². The molecule has 0 spiro atoms. The Bertz CT molecular complexity index is 3710. The Labute approximate surface area is 408 Å². The zero-order chi connectivity index (χ0) is 48.0. The maximum Gasteiger partial charge on any atom is 0.166 e. The summed E-state index contributed by atoms with van der Waals surface area (Å²) in [7, 11) is 0. The van der Waals surface area contributed by atoms with Gasteiger partial charge in [-0.1, -0.05) is 146 Å². The number of hydrogen-bond acceptors (Lipinski definition) is 12. The fraction of sp³-hybridized carbons (Fsp3) is 0.0690. The molecule has 5 heterocycles. The van der Waals surface area contributed by atoms with Crippen molar-refractivity contribution in [3.8, 4) is 96.8 Å². The molecule has 0 bridgehead atoms. The highest BCUT2D eigenvalue weighted by molar-refractivity contribution is 6.11. The van der Waals surface area contributed by atoms with E-state index >= 15 is 0 Å². The third-order valence-electron chi connectivity index (χ3n) is 12.1. The summed E-state index contributed by atoms with van der Waals surface area (Å²) < 4.78 is 2.25. The summed E-state index contributed by atoms with van der Waals surface area (Å²) in [6, 6.07) is 58.8. The molecule has 0 fully saturated rings. The molecule has 5 aromatic heterocycles. The molecule has 13 nitrogen and oxygen atoms in total. The minimum Gasteiger partial charge on any atom is -0.308 e. The fourth-order valence-electron chi connectivity index (χ4n) is 8.96. The van der Waals surface area contributed by atoms with Crippen LogP contribution in [-0.2, 0) is 0 Å². The second kappa shape index (κ2) is 17.8. The van der Waals surface area contributed by atoms with Crippen molar-refractivity contribution in [2.45, 2.75) is 27.7 Å². The summed E-state index contributed by atoms with van der Waals surface area (Å²) in [6.07, 6.45) is 0. The van der Waals surface area contributed by atoms with Gasteiger partial charge in [0.2, 0.25) is 0 Å². The van der Waals surface area contributed by atoms with Crippen molar-refractivity contribution >= 4 is 21.8 Å². The molecule has 12 rings (SSSR count). The van der Waals surface area contributed by atoms with Gasteiger partial charge in [0, 0.05) is 55.3 Å². The molecule has 12 aromatic rings. The van der Waals surface area contributed by atoms with Crippen molar-refractivity contribution in [3.63, 3.8) is 0 Å². The van der Waals surface area contributed by atoms with Gasteiger partial charge >= 0.3 is 0 Å². The molecule has 13 heteroatoms. The zero-order valence-electron chi connectivity index (χ0n) is 39.1. The highest BCUT2D eigenvalue weighted by atomic mass is 15.1. The summed E-state index contributed by atoms with van der Waals surface area (Å²) in [4.78, 5) is 59.1. The van der Waals surface area contributed by atoms with Gasteiger partial charge in [-0.25, -0.2) is 59.8 Å². The fourth-order valence-corrected chi connectivity index (χ4v) is 8.96. The van der Waals surface area contributed by atoms with E-state index < -0.39 is 0 Å². The minimum absolute atomic E-state index is 0.449. The molecule has 7 aromatic carbocycles. The summed E-state index contributed by atoms with van der Waals surface area (Å²) in [6.45, 7) is 7.53. The van der Waals surface area contributed by atoms with E-state index in [9.17, 15) is 0 Å². The lowest BCUT2D eigenvalue weighted by molar-refractivity contribution is 0.928. The van der Waals surface area contributed by atoms with Crippen molar-refractivity contribution in [1.29, 1.82) is 0 Å². The largest absolute Gasteiger partial charge is 0.308 e. The van der Waals surface area contributed by atoms with Gasteiger partial charge in [0.1, 0.15) is 23.3 Å². The third kappa shape index (κ3) is 8.31. The predicted octanol–water partition coefficient (Wildman–Crippen LogP) is 12.1. The Hall–Kier alpha value is -9.62. The van der Waals surface area contributed by atoms with Gasteiger partial charge in [-0.05, 0) is 58.0 Å². The maximum absolute atomic E-state index is 5.32. The molecular weight excluding hydrogens is 879 g/mol. The van der Waals surface area contributed by atoms with E-state index in [1.165, 1.54) is 0 Å². The van der Waals surface area contributed by atoms with Crippen LogP contribution in [0.3, 0.4) is 0 Å². The van der Waals surface area contributed by atoms with E-state index in [2.05, 4.69) is 69.1 Å². The van der Waals surface area contributed by atoms with E-state index in [1.54, 1.807) is 0 Å². The smallest absolute Gasteiger partial charge is 0.166 e. The Morgan fingerprint density at radius 3 is 0.915 bits per heavy atom. The number of aromatic nitrogens is 13. The van der Waals surface area contributed by atoms with E-state index in [0.29, 0.717) is 75.5 Å². The zero-order valence-corrected chi connectivity index (χ0v) is 39.1. The first-order chi connectivity index (χ1) is 34.8. The molecule has 0 amide bonds. The number of rotatable bonds is 9. The summed E-state index contributed by atoms with van der Waals surface area (Å²) in [5.74, 6) is 6.80. The van der Waals surface area contributed by atoms with E-state index in [4.69, 9.17) is 49.8 Å². The van der Waals surface area contributed by atoms with Crippen LogP contribution < -0.4 is 0 Å². The van der Waals surface area contributed by atoms with Crippen LogP contribution in [0.5, 0.6) is 0 Å². The van der Waals surface area contributed by atoms with Crippen LogP contribution in [0.15, 0.2) is 176 Å². The van der Waals surface area contributed by atoms with Crippen molar-refractivity contribution in [1.82, 2.24) is 64.4 Å². The molecule has 0 radical (unpaired) electrons. The third-order valence-corrected chi connectivity index (χ3v) is 12.1. The quantitative estimate of drug-likeness (QED) is 0.135. The van der Waals surface area contributed by atoms with Crippen molar-refractivity contribution in [2.24, 2.45) is 0 Å². The maximum atomic E-state index is 5.32. The topological polar surface area (TPSA) is 160 Å². The van der Waals surface area contributed by atoms with Gasteiger partial charge < -0.3 is 4.57 Å². The van der Waals surface area contributed by atoms with Crippen LogP contribution in [0.1, 0.15) is 23.3 Å². The van der Waals surface area contributed by atoms with Crippen LogP contribution in [-0.4, -0.2) is 64.4 Å². The van der Waals surface area contributed by atoms with Crippen molar-refractivity contribution in [2.75, 3.05) is 0 Å². The standard InChI is InChI=1S/C58H41N13/c1-34-59-35(2)62-55(61-34)43-25-28-45-46-29-26-44(56-63-36(3)60-37(4)64-56)33-50(46)71(49(45)32-43)48-30-27-42(57-67-51(38-17-9-5-10-18-38)65-52(68-57)39-19-11-6-12-20-39)31-47(48)58-69-53(40-21-13-7-14-22-40)66-54(70-58)41-23-15-8-16-24-41/h5-33H,1-4H3. The number of hydrogen-bond donors (Lipinski definition) is 0. The SMILES string of the molecule is Cc1nc(C)nc(-c2ccc3c4ccc(-c5nc(C)nc(C)n5)cc4n(-c4ccc(-c5nc(-c6ccccc6)nc(-c6ccccc6)n5)cc4-c4nc(-c5ccccc5)nc(-c5ccccc5)n4)c3c2)n1. The van der Waals surface area contributed by atoms with Gasteiger partial charge in [0.05, 0.1) is 16.7 Å². The first-order valence-electron chi connectivity index (χ1n) is 23.1. The average Bonchev–Trinajstić information content (AvgIpc) is 3.73. The molecule has 0 N–H and O–H groups in total. The number of nitrogens with zero attached hydrogens (tertiary/aromatic N) is 13. The lowest BCUT2D eigenvalue weighted by Crippen LogP contribution is -2.05. The summed E-state index contributed by atoms with van der Waals surface area (Å²) in [5.41, 5.74) is 9.14. The summed E-state index contributed by atoms with van der Waals surface area (Å²) >= 11 is 0. The second-order valence-corrected chi connectivity index (χ2v) is 17.1. The highest BCUT2D eigenvalue weighted by Crippen LogP contribution is 2.40. The van der Waals surface area contributed by atoms with E-state index in [0.717, 1.165) is 66.4 Å². The van der Waals surface area contributed by atoms with Crippen LogP contribution in [0.25, 0.3) is 119 Å². The normalized spacial score (nSPS) is 11.4. The lowest BCUT2D eigenvalue weighted by atomic mass is 10.0. The predicted molar refractivity (Wildman–Crippen MR) is 277 cm³/mol. The number of benzene rings is 7. The second-order valence-electron chi connectivity index (χ2n) is 17.1. The molecule has 0 unspecified atom stereocenters. The number of fused-ring (bicyclic) bond motifs is 3. The van der Waals surface area contributed by atoms with Crippen molar-refractivity contribution < 1.29 is 0 Å². The molecule has 0 saturated carbocycles. The summed E-state index contributed by atoms with van der Waals surface area (Å²) in [5, 5.41) is 2.03. The molecule has 0 atom stereocenters.